The molecule has 3 nitrogen and oxygen atoms in total. The first-order valence-electron chi connectivity index (χ1n) is 5.43. The molecular formula is C13H15NO2. The normalized spacial score (nSPS) is 10.6. The predicted molar refractivity (Wildman–Crippen MR) is 63.3 cm³/mol. The van der Waals surface area contributed by atoms with Crippen molar-refractivity contribution in [2.75, 3.05) is 7.11 Å². The molecule has 0 saturated heterocycles. The van der Waals surface area contributed by atoms with Crippen molar-refractivity contribution in [1.29, 1.82) is 0 Å². The first-order valence-corrected chi connectivity index (χ1v) is 5.43. The van der Waals surface area contributed by atoms with Crippen molar-refractivity contribution in [2.45, 2.75) is 19.3 Å². The van der Waals surface area contributed by atoms with Gasteiger partial charge in [-0.2, -0.15) is 0 Å². The van der Waals surface area contributed by atoms with Gasteiger partial charge in [0.2, 0.25) is 0 Å². The second-order valence-corrected chi connectivity index (χ2v) is 3.79. The van der Waals surface area contributed by atoms with Gasteiger partial charge < -0.3 is 9.72 Å². The highest BCUT2D eigenvalue weighted by Crippen LogP contribution is 2.19. The summed E-state index contributed by atoms with van der Waals surface area (Å²) in [6.45, 7) is 0. The molecule has 0 radical (unpaired) electrons. The molecule has 2 rings (SSSR count). The summed E-state index contributed by atoms with van der Waals surface area (Å²) in [5.41, 5.74) is 2.41. The zero-order valence-electron chi connectivity index (χ0n) is 9.32. The van der Waals surface area contributed by atoms with Crippen LogP contribution in [-0.4, -0.2) is 18.1 Å². The maximum absolute atomic E-state index is 11.0. The number of aromatic amines is 1. The lowest BCUT2D eigenvalue weighted by Gasteiger charge is -1.99. The first-order chi connectivity index (χ1) is 7.81. The lowest BCUT2D eigenvalue weighted by atomic mass is 10.1. The van der Waals surface area contributed by atoms with Gasteiger partial charge in [-0.3, -0.25) is 4.79 Å². The number of methoxy groups -OCH3 is 1. The number of fused-ring (bicyclic) bond motifs is 1. The molecule has 0 aliphatic rings. The predicted octanol–water partition coefficient (Wildman–Crippen LogP) is 2.66. The smallest absolute Gasteiger partial charge is 0.305 e. The van der Waals surface area contributed by atoms with Crippen LogP contribution in [0.3, 0.4) is 0 Å². The zero-order chi connectivity index (χ0) is 11.4. The Bertz CT molecular complexity index is 487. The lowest BCUT2D eigenvalue weighted by Crippen LogP contribution is -2.00. The Morgan fingerprint density at radius 1 is 1.38 bits per heavy atom. The number of hydrogen-bond donors (Lipinski definition) is 1. The number of carbonyl (C=O) groups excluding carboxylic acids is 1. The van der Waals surface area contributed by atoms with Crippen molar-refractivity contribution >= 4 is 16.9 Å². The standard InChI is InChI=1S/C13H15NO2/c1-16-13(15)8-4-5-10-9-14-12-7-3-2-6-11(10)12/h2-3,6-7,9,14H,4-5,8H2,1H3. The Morgan fingerprint density at radius 2 is 2.19 bits per heavy atom. The van der Waals surface area contributed by atoms with Gasteiger partial charge in [-0.1, -0.05) is 18.2 Å². The van der Waals surface area contributed by atoms with Crippen LogP contribution in [-0.2, 0) is 16.0 Å². The molecule has 16 heavy (non-hydrogen) atoms. The van der Waals surface area contributed by atoms with E-state index in [0.29, 0.717) is 6.42 Å². The number of para-hydroxylation sites is 1. The molecule has 84 valence electrons. The minimum Gasteiger partial charge on any atom is -0.469 e. The van der Waals surface area contributed by atoms with E-state index in [1.807, 2.05) is 18.3 Å². The summed E-state index contributed by atoms with van der Waals surface area (Å²) >= 11 is 0. The number of hydrogen-bond acceptors (Lipinski definition) is 2. The second kappa shape index (κ2) is 4.84. The van der Waals surface area contributed by atoms with Crippen molar-refractivity contribution in [3.8, 4) is 0 Å². The fourth-order valence-electron chi connectivity index (χ4n) is 1.86. The van der Waals surface area contributed by atoms with Crippen molar-refractivity contribution in [3.63, 3.8) is 0 Å². The van der Waals surface area contributed by atoms with Crippen molar-refractivity contribution in [1.82, 2.24) is 4.98 Å². The quantitative estimate of drug-likeness (QED) is 0.800. The van der Waals surface area contributed by atoms with Gasteiger partial charge >= 0.3 is 5.97 Å². The molecule has 3 heteroatoms. The molecule has 2 aromatic rings. The maximum Gasteiger partial charge on any atom is 0.305 e. The number of benzene rings is 1. The summed E-state index contributed by atoms with van der Waals surface area (Å²) in [7, 11) is 1.42. The summed E-state index contributed by atoms with van der Waals surface area (Å²) in [5.74, 6) is -0.139. The zero-order valence-corrected chi connectivity index (χ0v) is 9.32. The largest absolute Gasteiger partial charge is 0.469 e. The van der Waals surface area contributed by atoms with Crippen molar-refractivity contribution in [2.24, 2.45) is 0 Å². The third-order valence-electron chi connectivity index (χ3n) is 2.73. The summed E-state index contributed by atoms with van der Waals surface area (Å²) < 4.78 is 4.61. The monoisotopic (exact) mass is 217 g/mol. The molecule has 0 unspecified atom stereocenters. The lowest BCUT2D eigenvalue weighted by molar-refractivity contribution is -0.140. The van der Waals surface area contributed by atoms with E-state index >= 15 is 0 Å². The Morgan fingerprint density at radius 3 is 3.00 bits per heavy atom. The Balaban J connectivity index is 2.02. The van der Waals surface area contributed by atoms with Crippen LogP contribution < -0.4 is 0 Å². The van der Waals surface area contributed by atoms with E-state index in [2.05, 4.69) is 21.9 Å². The summed E-state index contributed by atoms with van der Waals surface area (Å²) in [6, 6.07) is 8.19. The number of H-pyrrole nitrogens is 1. The molecule has 0 saturated carbocycles. The van der Waals surface area contributed by atoms with Gasteiger partial charge in [0.25, 0.3) is 0 Å². The molecule has 0 spiro atoms. The molecule has 0 aliphatic heterocycles. The van der Waals surface area contributed by atoms with Crippen LogP contribution in [0.2, 0.25) is 0 Å². The number of aromatic nitrogens is 1. The van der Waals surface area contributed by atoms with E-state index in [4.69, 9.17) is 0 Å². The number of ether oxygens (including phenoxy) is 1. The van der Waals surface area contributed by atoms with Gasteiger partial charge in [-0.05, 0) is 24.5 Å². The second-order valence-electron chi connectivity index (χ2n) is 3.79. The van der Waals surface area contributed by atoms with Crippen LogP contribution in [0.15, 0.2) is 30.5 Å². The summed E-state index contributed by atoms with van der Waals surface area (Å²) in [5, 5.41) is 1.24. The third-order valence-corrected chi connectivity index (χ3v) is 2.73. The van der Waals surface area contributed by atoms with Crippen LogP contribution in [0.1, 0.15) is 18.4 Å². The molecular weight excluding hydrogens is 202 g/mol. The summed E-state index contributed by atoms with van der Waals surface area (Å²) in [6.07, 6.45) is 4.23. The molecule has 0 fully saturated rings. The minimum atomic E-state index is -0.139. The van der Waals surface area contributed by atoms with Gasteiger partial charge in [0.05, 0.1) is 7.11 Å². The van der Waals surface area contributed by atoms with Crippen LogP contribution >= 0.6 is 0 Å². The topological polar surface area (TPSA) is 42.1 Å². The number of aryl methyl sites for hydroxylation is 1. The molecule has 0 aliphatic carbocycles. The highest BCUT2D eigenvalue weighted by molar-refractivity contribution is 5.83. The molecule has 1 heterocycles. The average molecular weight is 217 g/mol. The van der Waals surface area contributed by atoms with Gasteiger partial charge in [0, 0.05) is 23.5 Å². The van der Waals surface area contributed by atoms with Crippen molar-refractivity contribution < 1.29 is 9.53 Å². The van der Waals surface area contributed by atoms with Gasteiger partial charge in [0.1, 0.15) is 0 Å². The molecule has 1 N–H and O–H groups in total. The third kappa shape index (κ3) is 2.24. The van der Waals surface area contributed by atoms with Crippen LogP contribution in [0.25, 0.3) is 10.9 Å². The first kappa shape index (κ1) is 10.7. The fraction of sp³-hybridized carbons (Fsp3) is 0.308. The van der Waals surface area contributed by atoms with Gasteiger partial charge in [0.15, 0.2) is 0 Å². The molecule has 0 bridgehead atoms. The van der Waals surface area contributed by atoms with Crippen LogP contribution in [0.5, 0.6) is 0 Å². The minimum absolute atomic E-state index is 0.139. The van der Waals surface area contributed by atoms with Crippen LogP contribution in [0.4, 0.5) is 0 Å². The number of esters is 1. The van der Waals surface area contributed by atoms with E-state index in [1.54, 1.807) is 0 Å². The molecule has 0 atom stereocenters. The SMILES string of the molecule is COC(=O)CCCc1c[nH]c2ccccc12. The van der Waals surface area contributed by atoms with Crippen LogP contribution in [0, 0.1) is 0 Å². The fourth-order valence-corrected chi connectivity index (χ4v) is 1.86. The number of nitrogens with one attached hydrogen (secondary N) is 1. The van der Waals surface area contributed by atoms with E-state index in [9.17, 15) is 4.79 Å². The highest BCUT2D eigenvalue weighted by atomic mass is 16.5. The maximum atomic E-state index is 11.0. The number of carbonyl (C=O) groups is 1. The van der Waals surface area contributed by atoms with E-state index in [-0.39, 0.29) is 5.97 Å². The Hall–Kier alpha value is -1.77. The molecule has 1 aromatic carbocycles. The van der Waals surface area contributed by atoms with E-state index in [0.717, 1.165) is 18.4 Å². The molecule has 0 amide bonds. The van der Waals surface area contributed by atoms with Crippen molar-refractivity contribution in [3.05, 3.63) is 36.0 Å². The Kier molecular flexibility index (Phi) is 3.25. The highest BCUT2D eigenvalue weighted by Gasteiger charge is 2.04. The molecule has 1 aromatic heterocycles. The Labute approximate surface area is 94.4 Å². The number of rotatable bonds is 4. The summed E-state index contributed by atoms with van der Waals surface area (Å²) in [4.78, 5) is 14.2. The van der Waals surface area contributed by atoms with E-state index in [1.165, 1.54) is 18.1 Å². The van der Waals surface area contributed by atoms with Gasteiger partial charge in [-0.25, -0.2) is 0 Å². The van der Waals surface area contributed by atoms with Gasteiger partial charge in [-0.15, -0.1) is 0 Å². The average Bonchev–Trinajstić information content (AvgIpc) is 2.73. The van der Waals surface area contributed by atoms with E-state index < -0.39 is 0 Å².